The summed E-state index contributed by atoms with van der Waals surface area (Å²) in [7, 11) is -3.63. The van der Waals surface area contributed by atoms with Crippen LogP contribution in [0.5, 0.6) is 0 Å². The SMILES string of the molecule is Nc1ncc(S(=O)(=O)NCc2cccc(Br)c2)cn1. The standard InChI is InChI=1S/C11H11BrN4O2S/c12-9-3-1-2-8(4-9)5-16-19(17,18)10-6-14-11(13)15-7-10/h1-4,6-7,16H,5H2,(H2,13,14,15). The minimum absolute atomic E-state index is 0.0169. The zero-order valence-electron chi connectivity index (χ0n) is 9.75. The van der Waals surface area contributed by atoms with Crippen molar-refractivity contribution in [2.24, 2.45) is 0 Å². The van der Waals surface area contributed by atoms with Crippen LogP contribution in [0.15, 0.2) is 46.0 Å². The molecule has 2 rings (SSSR count). The number of aromatic nitrogens is 2. The van der Waals surface area contributed by atoms with Gasteiger partial charge in [-0.1, -0.05) is 28.1 Å². The molecule has 1 heterocycles. The molecule has 100 valence electrons. The number of nitrogens with two attached hydrogens (primary N) is 1. The smallest absolute Gasteiger partial charge is 0.243 e. The fraction of sp³-hybridized carbons (Fsp3) is 0.0909. The first kappa shape index (κ1) is 13.9. The average Bonchev–Trinajstić information content (AvgIpc) is 2.37. The highest BCUT2D eigenvalue weighted by Crippen LogP contribution is 2.12. The van der Waals surface area contributed by atoms with Crippen LogP contribution in [0.25, 0.3) is 0 Å². The average molecular weight is 343 g/mol. The number of hydrogen-bond donors (Lipinski definition) is 2. The fourth-order valence-corrected chi connectivity index (χ4v) is 2.73. The monoisotopic (exact) mass is 342 g/mol. The van der Waals surface area contributed by atoms with Crippen LogP contribution >= 0.6 is 15.9 Å². The van der Waals surface area contributed by atoms with E-state index in [4.69, 9.17) is 5.73 Å². The zero-order chi connectivity index (χ0) is 13.9. The van der Waals surface area contributed by atoms with E-state index in [0.29, 0.717) is 0 Å². The Morgan fingerprint density at radius 3 is 2.58 bits per heavy atom. The topological polar surface area (TPSA) is 98.0 Å². The molecular weight excluding hydrogens is 332 g/mol. The quantitative estimate of drug-likeness (QED) is 0.872. The summed E-state index contributed by atoms with van der Waals surface area (Å²) in [5.41, 5.74) is 6.15. The second-order valence-corrected chi connectivity index (χ2v) is 6.41. The molecule has 0 fully saturated rings. The largest absolute Gasteiger partial charge is 0.368 e. The minimum atomic E-state index is -3.63. The summed E-state index contributed by atoms with van der Waals surface area (Å²) < 4.78 is 27.3. The van der Waals surface area contributed by atoms with Crippen molar-refractivity contribution in [3.8, 4) is 0 Å². The van der Waals surface area contributed by atoms with Gasteiger partial charge in [-0.2, -0.15) is 0 Å². The lowest BCUT2D eigenvalue weighted by Gasteiger charge is -2.06. The van der Waals surface area contributed by atoms with Crippen LogP contribution in [-0.4, -0.2) is 18.4 Å². The van der Waals surface area contributed by atoms with Crippen molar-refractivity contribution in [3.63, 3.8) is 0 Å². The van der Waals surface area contributed by atoms with Crippen LogP contribution in [0.1, 0.15) is 5.56 Å². The third kappa shape index (κ3) is 3.72. The van der Waals surface area contributed by atoms with Gasteiger partial charge in [-0.25, -0.2) is 23.1 Å². The number of anilines is 1. The first-order chi connectivity index (χ1) is 8.97. The van der Waals surface area contributed by atoms with Crippen LogP contribution < -0.4 is 10.5 Å². The van der Waals surface area contributed by atoms with E-state index >= 15 is 0 Å². The van der Waals surface area contributed by atoms with Crippen LogP contribution in [0.2, 0.25) is 0 Å². The Morgan fingerprint density at radius 1 is 1.26 bits per heavy atom. The van der Waals surface area contributed by atoms with Crippen molar-refractivity contribution in [3.05, 3.63) is 46.7 Å². The molecule has 0 radical (unpaired) electrons. The Hall–Kier alpha value is -1.51. The molecule has 2 aromatic rings. The Kier molecular flexibility index (Phi) is 4.13. The van der Waals surface area contributed by atoms with Gasteiger partial charge in [0, 0.05) is 11.0 Å². The summed E-state index contributed by atoms with van der Waals surface area (Å²) in [5.74, 6) is 0.0333. The van der Waals surface area contributed by atoms with E-state index < -0.39 is 10.0 Å². The number of hydrogen-bond acceptors (Lipinski definition) is 5. The Bertz CT molecular complexity index is 673. The first-order valence-corrected chi connectivity index (χ1v) is 7.56. The maximum atomic E-state index is 12.0. The lowest BCUT2D eigenvalue weighted by Crippen LogP contribution is -2.23. The molecule has 0 saturated heterocycles. The molecule has 6 nitrogen and oxygen atoms in total. The lowest BCUT2D eigenvalue weighted by molar-refractivity contribution is 0.580. The number of nitrogens with zero attached hydrogens (tertiary/aromatic N) is 2. The molecule has 0 atom stereocenters. The van der Waals surface area contributed by atoms with Gasteiger partial charge in [0.25, 0.3) is 0 Å². The maximum Gasteiger partial charge on any atom is 0.243 e. The molecule has 0 saturated carbocycles. The van der Waals surface area contributed by atoms with E-state index in [1.54, 1.807) is 0 Å². The van der Waals surface area contributed by atoms with Gasteiger partial charge in [0.15, 0.2) is 0 Å². The van der Waals surface area contributed by atoms with Crippen LogP contribution in [0, 0.1) is 0 Å². The first-order valence-electron chi connectivity index (χ1n) is 5.29. The number of rotatable bonds is 4. The molecule has 0 aliphatic carbocycles. The third-order valence-electron chi connectivity index (χ3n) is 2.31. The fourth-order valence-electron chi connectivity index (χ4n) is 1.37. The second kappa shape index (κ2) is 5.64. The Balaban J connectivity index is 2.12. The van der Waals surface area contributed by atoms with Crippen molar-refractivity contribution in [1.29, 1.82) is 0 Å². The molecule has 0 unspecified atom stereocenters. The normalized spacial score (nSPS) is 11.4. The van der Waals surface area contributed by atoms with Crippen molar-refractivity contribution in [2.45, 2.75) is 11.4 Å². The molecule has 0 aliphatic heterocycles. The van der Waals surface area contributed by atoms with E-state index in [9.17, 15) is 8.42 Å². The van der Waals surface area contributed by atoms with Crippen molar-refractivity contribution in [1.82, 2.24) is 14.7 Å². The highest BCUT2D eigenvalue weighted by molar-refractivity contribution is 9.10. The summed E-state index contributed by atoms with van der Waals surface area (Å²) in [6.45, 7) is 0.187. The van der Waals surface area contributed by atoms with Gasteiger partial charge in [-0.3, -0.25) is 0 Å². The number of benzene rings is 1. The maximum absolute atomic E-state index is 12.0. The van der Waals surface area contributed by atoms with E-state index in [0.717, 1.165) is 10.0 Å². The van der Waals surface area contributed by atoms with Gasteiger partial charge in [0.05, 0.1) is 12.4 Å². The summed E-state index contributed by atoms with van der Waals surface area (Å²) in [5, 5.41) is 0. The number of nitrogens with one attached hydrogen (secondary N) is 1. The lowest BCUT2D eigenvalue weighted by atomic mass is 10.2. The molecule has 1 aromatic heterocycles. The van der Waals surface area contributed by atoms with Crippen molar-refractivity contribution >= 4 is 31.9 Å². The molecule has 0 spiro atoms. The second-order valence-electron chi connectivity index (χ2n) is 3.73. The molecule has 0 amide bonds. The van der Waals surface area contributed by atoms with E-state index in [1.165, 1.54) is 12.4 Å². The summed E-state index contributed by atoms with van der Waals surface area (Å²) >= 11 is 3.32. The molecule has 8 heteroatoms. The van der Waals surface area contributed by atoms with Crippen LogP contribution in [0.3, 0.4) is 0 Å². The summed E-state index contributed by atoms with van der Waals surface area (Å²) in [6, 6.07) is 7.36. The molecule has 19 heavy (non-hydrogen) atoms. The summed E-state index contributed by atoms with van der Waals surface area (Å²) in [6.07, 6.45) is 2.34. The van der Waals surface area contributed by atoms with Gasteiger partial charge in [-0.05, 0) is 17.7 Å². The van der Waals surface area contributed by atoms with Crippen LogP contribution in [-0.2, 0) is 16.6 Å². The highest BCUT2D eigenvalue weighted by Gasteiger charge is 2.14. The minimum Gasteiger partial charge on any atom is -0.368 e. The van der Waals surface area contributed by atoms with Gasteiger partial charge in [0.2, 0.25) is 16.0 Å². The third-order valence-corrected chi connectivity index (χ3v) is 4.16. The van der Waals surface area contributed by atoms with Crippen molar-refractivity contribution < 1.29 is 8.42 Å². The predicted octanol–water partition coefficient (Wildman–Crippen LogP) is 1.30. The molecule has 0 aliphatic rings. The number of nitrogen functional groups attached to an aromatic ring is 1. The Labute approximate surface area is 119 Å². The van der Waals surface area contributed by atoms with Crippen LogP contribution in [0.4, 0.5) is 5.95 Å². The van der Waals surface area contributed by atoms with E-state index in [1.807, 2.05) is 24.3 Å². The van der Waals surface area contributed by atoms with Gasteiger partial charge < -0.3 is 5.73 Å². The van der Waals surface area contributed by atoms with E-state index in [2.05, 4.69) is 30.6 Å². The zero-order valence-corrected chi connectivity index (χ0v) is 12.1. The number of sulfonamides is 1. The Morgan fingerprint density at radius 2 is 1.95 bits per heavy atom. The molecule has 0 bridgehead atoms. The van der Waals surface area contributed by atoms with Crippen molar-refractivity contribution in [2.75, 3.05) is 5.73 Å². The predicted molar refractivity (Wildman–Crippen MR) is 74.6 cm³/mol. The molecule has 3 N–H and O–H groups in total. The number of halogens is 1. The highest BCUT2D eigenvalue weighted by atomic mass is 79.9. The van der Waals surface area contributed by atoms with Gasteiger partial charge in [-0.15, -0.1) is 0 Å². The summed E-state index contributed by atoms with van der Waals surface area (Å²) in [4.78, 5) is 7.29. The molecule has 1 aromatic carbocycles. The van der Waals surface area contributed by atoms with Gasteiger partial charge >= 0.3 is 0 Å². The molecular formula is C11H11BrN4O2S. The van der Waals surface area contributed by atoms with E-state index in [-0.39, 0.29) is 17.4 Å². The van der Waals surface area contributed by atoms with Gasteiger partial charge in [0.1, 0.15) is 4.90 Å².